The van der Waals surface area contributed by atoms with Crippen LogP contribution in [0.2, 0.25) is 0 Å². The number of nitrogens with one attached hydrogen (secondary N) is 1. The van der Waals surface area contributed by atoms with Gasteiger partial charge in [-0.05, 0) is 46.2 Å². The summed E-state index contributed by atoms with van der Waals surface area (Å²) in [6.45, 7) is 7.20. The number of likely N-dealkylation sites (N-methyl/N-ethyl adjacent to an activating group) is 1. The number of amides is 1. The van der Waals surface area contributed by atoms with Crippen molar-refractivity contribution in [2.45, 2.75) is 39.2 Å². The van der Waals surface area contributed by atoms with E-state index in [2.05, 4.69) is 5.32 Å². The maximum atomic E-state index is 12.1. The van der Waals surface area contributed by atoms with Crippen LogP contribution < -0.4 is 5.32 Å². The Bertz CT molecular complexity index is 296. The Labute approximate surface area is 102 Å². The molecule has 0 aromatic rings. The van der Waals surface area contributed by atoms with Crippen LogP contribution in [0.1, 0.15) is 33.6 Å². The minimum atomic E-state index is -1.13. The van der Waals surface area contributed by atoms with Crippen molar-refractivity contribution in [3.05, 3.63) is 0 Å². The summed E-state index contributed by atoms with van der Waals surface area (Å²) in [5.74, 6) is -0.674. The SMILES string of the molecule is CCN(C(=O)CC1CCNC1)C(C)(C)C(=O)O. The lowest BCUT2D eigenvalue weighted by molar-refractivity contribution is -0.157. The summed E-state index contributed by atoms with van der Waals surface area (Å²) >= 11 is 0. The molecule has 0 bridgehead atoms. The zero-order valence-electron chi connectivity index (χ0n) is 10.8. The first-order chi connectivity index (χ1) is 7.89. The van der Waals surface area contributed by atoms with E-state index in [0.717, 1.165) is 19.5 Å². The van der Waals surface area contributed by atoms with E-state index in [9.17, 15) is 9.59 Å². The van der Waals surface area contributed by atoms with Crippen molar-refractivity contribution in [3.63, 3.8) is 0 Å². The number of carbonyl (C=O) groups is 2. The Morgan fingerprint density at radius 3 is 2.53 bits per heavy atom. The molecule has 0 spiro atoms. The van der Waals surface area contributed by atoms with Crippen molar-refractivity contribution in [2.75, 3.05) is 19.6 Å². The van der Waals surface area contributed by atoms with E-state index in [1.165, 1.54) is 4.90 Å². The van der Waals surface area contributed by atoms with E-state index >= 15 is 0 Å². The van der Waals surface area contributed by atoms with Crippen molar-refractivity contribution in [2.24, 2.45) is 5.92 Å². The summed E-state index contributed by atoms with van der Waals surface area (Å²) in [4.78, 5) is 24.7. The van der Waals surface area contributed by atoms with Gasteiger partial charge in [-0.2, -0.15) is 0 Å². The molecule has 1 rings (SSSR count). The van der Waals surface area contributed by atoms with E-state index in [1.54, 1.807) is 13.8 Å². The Kier molecular flexibility index (Phi) is 4.51. The fourth-order valence-electron chi connectivity index (χ4n) is 2.24. The van der Waals surface area contributed by atoms with E-state index < -0.39 is 11.5 Å². The number of rotatable bonds is 5. The molecule has 0 radical (unpaired) electrons. The van der Waals surface area contributed by atoms with Crippen molar-refractivity contribution < 1.29 is 14.7 Å². The first-order valence-electron chi connectivity index (χ1n) is 6.14. The number of hydrogen-bond donors (Lipinski definition) is 2. The predicted molar refractivity (Wildman–Crippen MR) is 64.7 cm³/mol. The topological polar surface area (TPSA) is 69.6 Å². The van der Waals surface area contributed by atoms with Crippen LogP contribution in [0.15, 0.2) is 0 Å². The first-order valence-corrected chi connectivity index (χ1v) is 6.14. The van der Waals surface area contributed by atoms with Gasteiger partial charge >= 0.3 is 5.97 Å². The molecule has 1 amide bonds. The molecular formula is C12H22N2O3. The van der Waals surface area contributed by atoms with Gasteiger partial charge in [0.2, 0.25) is 5.91 Å². The molecule has 1 aliphatic heterocycles. The third-order valence-electron chi connectivity index (χ3n) is 3.44. The molecule has 0 aromatic carbocycles. The predicted octanol–water partition coefficient (Wildman–Crippen LogP) is 0.698. The largest absolute Gasteiger partial charge is 0.480 e. The molecule has 1 fully saturated rings. The molecule has 0 aliphatic carbocycles. The fraction of sp³-hybridized carbons (Fsp3) is 0.833. The van der Waals surface area contributed by atoms with Crippen LogP contribution in [0.5, 0.6) is 0 Å². The molecule has 1 unspecified atom stereocenters. The number of aliphatic carboxylic acids is 1. The molecule has 17 heavy (non-hydrogen) atoms. The normalized spacial score (nSPS) is 20.3. The third kappa shape index (κ3) is 3.19. The van der Waals surface area contributed by atoms with Crippen molar-refractivity contribution in [3.8, 4) is 0 Å². The molecule has 5 nitrogen and oxygen atoms in total. The minimum Gasteiger partial charge on any atom is -0.480 e. The second-order valence-corrected chi connectivity index (χ2v) is 5.07. The summed E-state index contributed by atoms with van der Waals surface area (Å²) in [5, 5.41) is 12.4. The van der Waals surface area contributed by atoms with Crippen molar-refractivity contribution in [1.82, 2.24) is 10.2 Å². The average Bonchev–Trinajstić information content (AvgIpc) is 2.70. The average molecular weight is 242 g/mol. The molecular weight excluding hydrogens is 220 g/mol. The van der Waals surface area contributed by atoms with Gasteiger partial charge < -0.3 is 15.3 Å². The number of carboxylic acids is 1. The van der Waals surface area contributed by atoms with Gasteiger partial charge in [0, 0.05) is 13.0 Å². The Morgan fingerprint density at radius 2 is 2.12 bits per heavy atom. The van der Waals surface area contributed by atoms with Gasteiger partial charge in [-0.15, -0.1) is 0 Å². The molecule has 1 heterocycles. The van der Waals surface area contributed by atoms with Gasteiger partial charge in [-0.25, -0.2) is 4.79 Å². The van der Waals surface area contributed by atoms with E-state index in [1.807, 2.05) is 6.92 Å². The molecule has 1 aliphatic rings. The van der Waals surface area contributed by atoms with Crippen LogP contribution in [0.3, 0.4) is 0 Å². The van der Waals surface area contributed by atoms with E-state index in [4.69, 9.17) is 5.11 Å². The lowest BCUT2D eigenvalue weighted by atomic mass is 9.99. The van der Waals surface area contributed by atoms with Gasteiger partial charge in [0.05, 0.1) is 0 Å². The van der Waals surface area contributed by atoms with Gasteiger partial charge in [-0.3, -0.25) is 4.79 Å². The number of carboxylic acid groups (broad SMARTS) is 1. The van der Waals surface area contributed by atoms with Crippen LogP contribution in [-0.2, 0) is 9.59 Å². The number of hydrogen-bond acceptors (Lipinski definition) is 3. The Morgan fingerprint density at radius 1 is 1.47 bits per heavy atom. The van der Waals surface area contributed by atoms with Gasteiger partial charge in [0.25, 0.3) is 0 Å². The highest BCUT2D eigenvalue weighted by atomic mass is 16.4. The zero-order valence-corrected chi connectivity index (χ0v) is 10.8. The highest BCUT2D eigenvalue weighted by Gasteiger charge is 2.37. The zero-order chi connectivity index (χ0) is 13.1. The van der Waals surface area contributed by atoms with Crippen molar-refractivity contribution in [1.29, 1.82) is 0 Å². The molecule has 1 saturated heterocycles. The van der Waals surface area contributed by atoms with Crippen molar-refractivity contribution >= 4 is 11.9 Å². The smallest absolute Gasteiger partial charge is 0.329 e. The minimum absolute atomic E-state index is 0.0615. The van der Waals surface area contributed by atoms with Crippen LogP contribution in [0.4, 0.5) is 0 Å². The molecule has 5 heteroatoms. The number of carbonyl (C=O) groups excluding carboxylic acids is 1. The summed E-state index contributed by atoms with van der Waals surface area (Å²) in [5.41, 5.74) is -1.13. The van der Waals surface area contributed by atoms with Gasteiger partial charge in [0.15, 0.2) is 0 Å². The Balaban J connectivity index is 2.66. The highest BCUT2D eigenvalue weighted by molar-refractivity contribution is 5.86. The van der Waals surface area contributed by atoms with Gasteiger partial charge in [0.1, 0.15) is 5.54 Å². The quantitative estimate of drug-likeness (QED) is 0.744. The summed E-state index contributed by atoms with van der Waals surface area (Å²) in [7, 11) is 0. The monoisotopic (exact) mass is 242 g/mol. The lowest BCUT2D eigenvalue weighted by Gasteiger charge is -2.34. The van der Waals surface area contributed by atoms with E-state index in [0.29, 0.717) is 18.9 Å². The first kappa shape index (κ1) is 14.0. The van der Waals surface area contributed by atoms with Crippen LogP contribution >= 0.6 is 0 Å². The lowest BCUT2D eigenvalue weighted by Crippen LogP contribution is -2.53. The third-order valence-corrected chi connectivity index (χ3v) is 3.44. The molecule has 98 valence electrons. The standard InChI is InChI=1S/C12H22N2O3/c1-4-14(12(2,3)11(16)17)10(15)7-9-5-6-13-8-9/h9,13H,4-8H2,1-3H3,(H,16,17). The summed E-state index contributed by atoms with van der Waals surface area (Å²) < 4.78 is 0. The fourth-order valence-corrected chi connectivity index (χ4v) is 2.24. The maximum absolute atomic E-state index is 12.1. The summed E-state index contributed by atoms with van der Waals surface area (Å²) in [6, 6.07) is 0. The molecule has 2 N–H and O–H groups in total. The summed E-state index contributed by atoms with van der Waals surface area (Å²) in [6.07, 6.45) is 1.44. The van der Waals surface area contributed by atoms with Crippen LogP contribution in [0.25, 0.3) is 0 Å². The molecule has 0 aromatic heterocycles. The second kappa shape index (κ2) is 5.49. The Hall–Kier alpha value is -1.10. The molecule has 1 atom stereocenters. The van der Waals surface area contributed by atoms with Gasteiger partial charge in [-0.1, -0.05) is 0 Å². The number of nitrogens with zero attached hydrogens (tertiary/aromatic N) is 1. The van der Waals surface area contributed by atoms with E-state index in [-0.39, 0.29) is 5.91 Å². The maximum Gasteiger partial charge on any atom is 0.329 e. The van der Waals surface area contributed by atoms with Crippen LogP contribution in [-0.4, -0.2) is 47.1 Å². The molecule has 0 saturated carbocycles. The van der Waals surface area contributed by atoms with Crippen LogP contribution in [0, 0.1) is 5.92 Å². The highest BCUT2D eigenvalue weighted by Crippen LogP contribution is 2.20. The second-order valence-electron chi connectivity index (χ2n) is 5.07.